The zero-order valence-electron chi connectivity index (χ0n) is 16.7. The first kappa shape index (κ1) is 23.2. The van der Waals surface area contributed by atoms with Gasteiger partial charge >= 0.3 is 6.09 Å². The summed E-state index contributed by atoms with van der Waals surface area (Å²) in [7, 11) is -4.10. The highest BCUT2D eigenvalue weighted by atomic mass is 32.2. The first-order valence-electron chi connectivity index (χ1n) is 10.0. The summed E-state index contributed by atoms with van der Waals surface area (Å²) >= 11 is 0. The highest BCUT2D eigenvalue weighted by molar-refractivity contribution is 7.86. The first-order valence-corrected chi connectivity index (χ1v) is 11.5. The van der Waals surface area contributed by atoms with Gasteiger partial charge in [0.25, 0.3) is 10.1 Å². The van der Waals surface area contributed by atoms with E-state index >= 15 is 0 Å². The lowest BCUT2D eigenvalue weighted by Crippen LogP contribution is -2.49. The molecule has 29 heavy (non-hydrogen) atoms. The summed E-state index contributed by atoms with van der Waals surface area (Å²) in [5.41, 5.74) is 0.844. The van der Waals surface area contributed by atoms with Crippen LogP contribution in [0.4, 0.5) is 4.79 Å². The maximum atomic E-state index is 12.7. The summed E-state index contributed by atoms with van der Waals surface area (Å²) in [4.78, 5) is 24.8. The normalized spacial score (nSPS) is 20.1. The number of rotatable bonds is 10. The van der Waals surface area contributed by atoms with E-state index in [2.05, 4.69) is 10.6 Å². The first-order chi connectivity index (χ1) is 13.8. The zero-order valence-corrected chi connectivity index (χ0v) is 17.5. The van der Waals surface area contributed by atoms with Gasteiger partial charge in [-0.3, -0.25) is 9.35 Å². The Morgan fingerprint density at radius 3 is 2.55 bits per heavy atom. The number of benzene rings is 1. The molecule has 162 valence electrons. The molecule has 2 unspecified atom stereocenters. The van der Waals surface area contributed by atoms with E-state index in [-0.39, 0.29) is 25.0 Å². The molecule has 1 fully saturated rings. The third kappa shape index (κ3) is 8.02. The molecule has 9 heteroatoms. The molecule has 3 N–H and O–H groups in total. The fourth-order valence-electron chi connectivity index (χ4n) is 3.42. The third-order valence-electron chi connectivity index (χ3n) is 5.07. The SMILES string of the molecule is CCCCC[C@H](NC(=O)OCc1ccccc1)C(=O)NC1CCC(S(=O)(=O)O)C1. The molecule has 0 aromatic heterocycles. The van der Waals surface area contributed by atoms with E-state index in [0.717, 1.165) is 24.8 Å². The summed E-state index contributed by atoms with van der Waals surface area (Å²) in [6, 6.07) is 8.14. The second-order valence-corrected chi connectivity index (χ2v) is 9.11. The molecule has 0 saturated heterocycles. The Hall–Kier alpha value is -2.13. The van der Waals surface area contributed by atoms with Crippen molar-refractivity contribution in [3.63, 3.8) is 0 Å². The quantitative estimate of drug-likeness (QED) is 0.391. The van der Waals surface area contributed by atoms with E-state index in [1.807, 2.05) is 37.3 Å². The summed E-state index contributed by atoms with van der Waals surface area (Å²) in [6.45, 7) is 2.15. The van der Waals surface area contributed by atoms with Crippen molar-refractivity contribution < 1.29 is 27.3 Å². The molecule has 2 rings (SSSR count). The smallest absolute Gasteiger partial charge is 0.408 e. The van der Waals surface area contributed by atoms with Crippen molar-refractivity contribution in [3.05, 3.63) is 35.9 Å². The fourth-order valence-corrected chi connectivity index (χ4v) is 4.33. The molecule has 0 spiro atoms. The van der Waals surface area contributed by atoms with E-state index in [1.54, 1.807) is 0 Å². The highest BCUT2D eigenvalue weighted by Gasteiger charge is 2.35. The topological polar surface area (TPSA) is 122 Å². The molecule has 1 saturated carbocycles. The highest BCUT2D eigenvalue weighted by Crippen LogP contribution is 2.25. The monoisotopic (exact) mass is 426 g/mol. The van der Waals surface area contributed by atoms with Gasteiger partial charge in [0.15, 0.2) is 0 Å². The average molecular weight is 427 g/mol. The van der Waals surface area contributed by atoms with E-state index in [0.29, 0.717) is 19.3 Å². The third-order valence-corrected chi connectivity index (χ3v) is 6.34. The lowest BCUT2D eigenvalue weighted by molar-refractivity contribution is -0.124. The molecular weight excluding hydrogens is 396 g/mol. The van der Waals surface area contributed by atoms with Crippen LogP contribution < -0.4 is 10.6 Å². The number of carbonyl (C=O) groups is 2. The largest absolute Gasteiger partial charge is 0.445 e. The minimum Gasteiger partial charge on any atom is -0.445 e. The summed E-state index contributed by atoms with van der Waals surface area (Å²) in [5, 5.41) is 4.57. The standard InChI is InChI=1S/C20H30N2O6S/c1-2-3-5-10-18(22-20(24)28-14-15-8-6-4-7-9-15)19(23)21-16-11-12-17(13-16)29(25,26)27/h4,6-9,16-18H,2-3,5,10-14H2,1H3,(H,21,23)(H,22,24)(H,25,26,27)/t16?,17?,18-/m0/s1. The zero-order chi connectivity index (χ0) is 21.3. The molecule has 1 aromatic rings. The van der Waals surface area contributed by atoms with E-state index in [4.69, 9.17) is 4.74 Å². The Balaban J connectivity index is 1.88. The van der Waals surface area contributed by atoms with Crippen LogP contribution in [0.2, 0.25) is 0 Å². The van der Waals surface area contributed by atoms with Crippen molar-refractivity contribution in [1.82, 2.24) is 10.6 Å². The number of unbranched alkanes of at least 4 members (excludes halogenated alkanes) is 2. The number of hydrogen-bond donors (Lipinski definition) is 3. The Bertz CT molecular complexity index is 768. The van der Waals surface area contributed by atoms with E-state index < -0.39 is 27.5 Å². The van der Waals surface area contributed by atoms with Crippen molar-refractivity contribution in [3.8, 4) is 0 Å². The minimum atomic E-state index is -4.10. The maximum Gasteiger partial charge on any atom is 0.408 e. The fraction of sp³-hybridized carbons (Fsp3) is 0.600. The second kappa shape index (κ2) is 11.2. The molecule has 0 bridgehead atoms. The molecule has 3 atom stereocenters. The van der Waals surface area contributed by atoms with E-state index in [1.165, 1.54) is 0 Å². The predicted octanol–water partition coefficient (Wildman–Crippen LogP) is 2.79. The Morgan fingerprint density at radius 1 is 1.21 bits per heavy atom. The van der Waals surface area contributed by atoms with Crippen LogP contribution in [0.15, 0.2) is 30.3 Å². The van der Waals surface area contributed by atoms with Gasteiger partial charge in [0, 0.05) is 6.04 Å². The summed E-state index contributed by atoms with van der Waals surface area (Å²) in [5.74, 6) is -0.362. The van der Waals surface area contributed by atoms with Gasteiger partial charge in [0.1, 0.15) is 12.6 Å². The van der Waals surface area contributed by atoms with Crippen LogP contribution in [0, 0.1) is 0 Å². The number of hydrogen-bond acceptors (Lipinski definition) is 5. The number of amides is 2. The number of ether oxygens (including phenoxy) is 1. The van der Waals surface area contributed by atoms with Crippen molar-refractivity contribution in [2.75, 3.05) is 0 Å². The lowest BCUT2D eigenvalue weighted by Gasteiger charge is -2.21. The average Bonchev–Trinajstić information content (AvgIpc) is 3.15. The van der Waals surface area contributed by atoms with E-state index in [9.17, 15) is 22.6 Å². The Labute approximate surface area is 172 Å². The predicted molar refractivity (Wildman–Crippen MR) is 109 cm³/mol. The molecular formula is C20H30N2O6S. The molecule has 2 amide bonds. The van der Waals surface area contributed by atoms with Gasteiger partial charge < -0.3 is 15.4 Å². The maximum absolute atomic E-state index is 12.7. The molecule has 0 radical (unpaired) electrons. The van der Waals surface area contributed by atoms with Crippen LogP contribution in [0.3, 0.4) is 0 Å². The molecule has 1 aliphatic rings. The van der Waals surface area contributed by atoms with Gasteiger partial charge in [-0.05, 0) is 31.2 Å². The van der Waals surface area contributed by atoms with Crippen LogP contribution in [0.1, 0.15) is 57.4 Å². The van der Waals surface area contributed by atoms with Gasteiger partial charge in [0.2, 0.25) is 5.91 Å². The van der Waals surface area contributed by atoms with Gasteiger partial charge in [-0.1, -0.05) is 56.5 Å². The van der Waals surface area contributed by atoms with Gasteiger partial charge in [-0.15, -0.1) is 0 Å². The molecule has 8 nitrogen and oxygen atoms in total. The molecule has 0 heterocycles. The molecule has 1 aromatic carbocycles. The van der Waals surface area contributed by atoms with Crippen molar-refractivity contribution in [2.45, 2.75) is 75.8 Å². The minimum absolute atomic E-state index is 0.106. The number of carbonyl (C=O) groups excluding carboxylic acids is 2. The number of nitrogens with one attached hydrogen (secondary N) is 2. The Morgan fingerprint density at radius 2 is 1.93 bits per heavy atom. The van der Waals surface area contributed by atoms with Gasteiger partial charge in [0.05, 0.1) is 5.25 Å². The summed E-state index contributed by atoms with van der Waals surface area (Å²) in [6.07, 6.45) is 3.41. The van der Waals surface area contributed by atoms with Gasteiger partial charge in [-0.2, -0.15) is 8.42 Å². The second-order valence-electron chi connectivity index (χ2n) is 7.41. The molecule has 0 aliphatic heterocycles. The van der Waals surface area contributed by atoms with Crippen LogP contribution in [0.25, 0.3) is 0 Å². The lowest BCUT2D eigenvalue weighted by atomic mass is 10.1. The van der Waals surface area contributed by atoms with Crippen LogP contribution in [-0.2, 0) is 26.3 Å². The van der Waals surface area contributed by atoms with Crippen molar-refractivity contribution in [2.24, 2.45) is 0 Å². The van der Waals surface area contributed by atoms with Crippen molar-refractivity contribution in [1.29, 1.82) is 0 Å². The van der Waals surface area contributed by atoms with Crippen LogP contribution >= 0.6 is 0 Å². The van der Waals surface area contributed by atoms with Crippen molar-refractivity contribution >= 4 is 22.1 Å². The Kier molecular flexibility index (Phi) is 8.91. The van der Waals surface area contributed by atoms with Crippen LogP contribution in [-0.4, -0.2) is 42.3 Å². The van der Waals surface area contributed by atoms with Crippen LogP contribution in [0.5, 0.6) is 0 Å². The number of alkyl carbamates (subject to hydrolysis) is 1. The summed E-state index contributed by atoms with van der Waals surface area (Å²) < 4.78 is 36.9. The van der Waals surface area contributed by atoms with Gasteiger partial charge in [-0.25, -0.2) is 4.79 Å². The molecule has 1 aliphatic carbocycles.